The van der Waals surface area contributed by atoms with Crippen LogP contribution in [-0.4, -0.2) is 63.1 Å². The lowest BCUT2D eigenvalue weighted by atomic mass is 10.3. The molecule has 4 heterocycles. The molecule has 0 spiro atoms. The molecule has 0 aliphatic carbocycles. The summed E-state index contributed by atoms with van der Waals surface area (Å²) in [6.07, 6.45) is 4.12. The molecule has 30 heavy (non-hydrogen) atoms. The minimum atomic E-state index is -0.897. The molecule has 1 aliphatic rings. The van der Waals surface area contributed by atoms with Gasteiger partial charge in [-0.3, -0.25) is 9.78 Å². The van der Waals surface area contributed by atoms with Crippen molar-refractivity contribution in [3.63, 3.8) is 0 Å². The molecule has 10 heteroatoms. The summed E-state index contributed by atoms with van der Waals surface area (Å²) in [5.74, 6) is 0.524. The van der Waals surface area contributed by atoms with Gasteiger partial charge in [-0.2, -0.15) is 0 Å². The molecule has 0 aromatic carbocycles. The molecule has 154 valence electrons. The molecule has 0 atom stereocenters. The number of carbonyl (C=O) groups excluding carboxylic acids is 1. The Morgan fingerprint density at radius 2 is 1.93 bits per heavy atom. The van der Waals surface area contributed by atoms with Gasteiger partial charge in [-0.1, -0.05) is 0 Å². The van der Waals surface area contributed by atoms with E-state index >= 15 is 0 Å². The fourth-order valence-electron chi connectivity index (χ4n) is 3.18. The standard InChI is InChI=1S/C20H20N6O3S/c1-13-17(30-19(23-13)14-3-2-6-21-11-14)18(27)24-15-4-5-16(22-12-15)25-7-9-26(10-8-25)20(28)29/h2-6,11-12H,7-10H2,1H3,(H,24,27)(H,28,29). The monoisotopic (exact) mass is 424 g/mol. The number of nitrogens with one attached hydrogen (secondary N) is 1. The molecule has 0 unspecified atom stereocenters. The molecule has 1 aliphatic heterocycles. The average Bonchev–Trinajstić information content (AvgIpc) is 3.17. The second-order valence-electron chi connectivity index (χ2n) is 6.79. The Morgan fingerprint density at radius 3 is 2.57 bits per heavy atom. The first-order chi connectivity index (χ1) is 14.5. The average molecular weight is 424 g/mol. The number of anilines is 2. The summed E-state index contributed by atoms with van der Waals surface area (Å²) < 4.78 is 0. The van der Waals surface area contributed by atoms with Crippen LogP contribution in [0, 0.1) is 6.92 Å². The van der Waals surface area contributed by atoms with Gasteiger partial charge in [0.2, 0.25) is 0 Å². The van der Waals surface area contributed by atoms with Crippen molar-refractivity contribution in [2.24, 2.45) is 0 Å². The van der Waals surface area contributed by atoms with Crippen molar-refractivity contribution in [3.05, 3.63) is 53.4 Å². The zero-order chi connectivity index (χ0) is 21.1. The third-order valence-electron chi connectivity index (χ3n) is 4.79. The van der Waals surface area contributed by atoms with E-state index in [-0.39, 0.29) is 5.91 Å². The maximum atomic E-state index is 12.7. The predicted molar refractivity (Wildman–Crippen MR) is 114 cm³/mol. The van der Waals surface area contributed by atoms with Crippen LogP contribution in [-0.2, 0) is 0 Å². The van der Waals surface area contributed by atoms with E-state index in [0.717, 1.165) is 16.4 Å². The second kappa shape index (κ2) is 8.46. The minimum absolute atomic E-state index is 0.232. The first kappa shape index (κ1) is 19.8. The summed E-state index contributed by atoms with van der Waals surface area (Å²) in [6, 6.07) is 7.36. The third-order valence-corrected chi connectivity index (χ3v) is 6.00. The lowest BCUT2D eigenvalue weighted by Crippen LogP contribution is -2.48. The van der Waals surface area contributed by atoms with E-state index in [4.69, 9.17) is 5.11 Å². The number of aromatic nitrogens is 3. The molecule has 0 bridgehead atoms. The number of carboxylic acid groups (broad SMARTS) is 1. The van der Waals surface area contributed by atoms with E-state index in [1.807, 2.05) is 30.0 Å². The molecule has 3 aromatic rings. The van der Waals surface area contributed by atoms with Gasteiger partial charge in [0.1, 0.15) is 15.7 Å². The Labute approximate surface area is 177 Å². The van der Waals surface area contributed by atoms with Crippen molar-refractivity contribution in [2.75, 3.05) is 36.4 Å². The lowest BCUT2D eigenvalue weighted by molar-refractivity contribution is 0.102. The van der Waals surface area contributed by atoms with Crippen molar-refractivity contribution in [1.82, 2.24) is 19.9 Å². The fraction of sp³-hybridized carbons (Fsp3) is 0.250. The number of thiazole rings is 1. The molecular formula is C20H20N6O3S. The van der Waals surface area contributed by atoms with Crippen LogP contribution in [0.15, 0.2) is 42.9 Å². The second-order valence-corrected chi connectivity index (χ2v) is 7.79. The number of amides is 2. The van der Waals surface area contributed by atoms with Crippen LogP contribution >= 0.6 is 11.3 Å². The normalized spacial score (nSPS) is 13.9. The van der Waals surface area contributed by atoms with Gasteiger partial charge < -0.3 is 20.2 Å². The number of aryl methyl sites for hydroxylation is 1. The van der Waals surface area contributed by atoms with E-state index in [2.05, 4.69) is 20.3 Å². The highest BCUT2D eigenvalue weighted by atomic mass is 32.1. The Morgan fingerprint density at radius 1 is 1.13 bits per heavy atom. The van der Waals surface area contributed by atoms with Crippen molar-refractivity contribution in [1.29, 1.82) is 0 Å². The Kier molecular flexibility index (Phi) is 5.57. The Hall–Kier alpha value is -3.53. The van der Waals surface area contributed by atoms with Gasteiger partial charge in [0.25, 0.3) is 5.91 Å². The van der Waals surface area contributed by atoms with E-state index < -0.39 is 6.09 Å². The smallest absolute Gasteiger partial charge is 0.407 e. The lowest BCUT2D eigenvalue weighted by Gasteiger charge is -2.33. The first-order valence-corrected chi connectivity index (χ1v) is 10.2. The largest absolute Gasteiger partial charge is 0.465 e. The van der Waals surface area contributed by atoms with Crippen LogP contribution in [0.2, 0.25) is 0 Å². The number of carbonyl (C=O) groups is 2. The summed E-state index contributed by atoms with van der Waals surface area (Å²) in [6.45, 7) is 3.87. The molecule has 1 fully saturated rings. The zero-order valence-corrected chi connectivity index (χ0v) is 17.1. The summed E-state index contributed by atoms with van der Waals surface area (Å²) in [4.78, 5) is 40.7. The van der Waals surface area contributed by atoms with Gasteiger partial charge in [-0.15, -0.1) is 11.3 Å². The van der Waals surface area contributed by atoms with E-state index in [1.54, 1.807) is 24.7 Å². The number of nitrogens with zero attached hydrogens (tertiary/aromatic N) is 5. The van der Waals surface area contributed by atoms with Crippen LogP contribution < -0.4 is 10.2 Å². The van der Waals surface area contributed by atoms with Gasteiger partial charge in [0, 0.05) is 44.1 Å². The van der Waals surface area contributed by atoms with Crippen LogP contribution in [0.3, 0.4) is 0 Å². The summed E-state index contributed by atoms with van der Waals surface area (Å²) >= 11 is 1.32. The molecule has 2 N–H and O–H groups in total. The van der Waals surface area contributed by atoms with Gasteiger partial charge in [-0.05, 0) is 31.2 Å². The molecule has 4 rings (SSSR count). The third kappa shape index (κ3) is 4.23. The topological polar surface area (TPSA) is 112 Å². The summed E-state index contributed by atoms with van der Waals surface area (Å²) in [5, 5.41) is 12.7. The minimum Gasteiger partial charge on any atom is -0.465 e. The van der Waals surface area contributed by atoms with E-state index in [0.29, 0.717) is 42.4 Å². The molecule has 0 radical (unpaired) electrons. The van der Waals surface area contributed by atoms with Crippen LogP contribution in [0.1, 0.15) is 15.4 Å². The molecule has 0 saturated carbocycles. The van der Waals surface area contributed by atoms with Gasteiger partial charge in [0.15, 0.2) is 0 Å². The van der Waals surface area contributed by atoms with Gasteiger partial charge in [0.05, 0.1) is 17.6 Å². The molecule has 2 amide bonds. The zero-order valence-electron chi connectivity index (χ0n) is 16.3. The highest BCUT2D eigenvalue weighted by molar-refractivity contribution is 7.17. The van der Waals surface area contributed by atoms with Crippen LogP contribution in [0.25, 0.3) is 10.6 Å². The highest BCUT2D eigenvalue weighted by Gasteiger charge is 2.21. The van der Waals surface area contributed by atoms with Crippen LogP contribution in [0.4, 0.5) is 16.3 Å². The molecule has 1 saturated heterocycles. The van der Waals surface area contributed by atoms with Gasteiger partial charge in [-0.25, -0.2) is 14.8 Å². The Bertz CT molecular complexity index is 1050. The van der Waals surface area contributed by atoms with Crippen molar-refractivity contribution in [3.8, 4) is 10.6 Å². The Balaban J connectivity index is 1.41. The number of hydrogen-bond donors (Lipinski definition) is 2. The number of rotatable bonds is 4. The molecule has 9 nitrogen and oxygen atoms in total. The quantitative estimate of drug-likeness (QED) is 0.662. The maximum Gasteiger partial charge on any atom is 0.407 e. The van der Waals surface area contributed by atoms with E-state index in [1.165, 1.54) is 16.2 Å². The van der Waals surface area contributed by atoms with Crippen molar-refractivity contribution < 1.29 is 14.7 Å². The molecule has 3 aromatic heterocycles. The summed E-state index contributed by atoms with van der Waals surface area (Å²) in [5.41, 5.74) is 2.12. The van der Waals surface area contributed by atoms with E-state index in [9.17, 15) is 9.59 Å². The van der Waals surface area contributed by atoms with Gasteiger partial charge >= 0.3 is 6.09 Å². The van der Waals surface area contributed by atoms with Crippen molar-refractivity contribution >= 4 is 34.8 Å². The fourth-order valence-corrected chi connectivity index (χ4v) is 4.13. The molecular weight excluding hydrogens is 404 g/mol. The van der Waals surface area contributed by atoms with Crippen molar-refractivity contribution in [2.45, 2.75) is 6.92 Å². The maximum absolute atomic E-state index is 12.7. The highest BCUT2D eigenvalue weighted by Crippen LogP contribution is 2.28. The first-order valence-electron chi connectivity index (χ1n) is 9.39. The van der Waals surface area contributed by atoms with Crippen LogP contribution in [0.5, 0.6) is 0 Å². The number of hydrogen-bond acceptors (Lipinski definition) is 7. The number of pyridine rings is 2. The summed E-state index contributed by atoms with van der Waals surface area (Å²) in [7, 11) is 0. The number of piperazine rings is 1. The SMILES string of the molecule is Cc1nc(-c2cccnc2)sc1C(=O)Nc1ccc(N2CCN(C(=O)O)CC2)nc1. The predicted octanol–water partition coefficient (Wildman–Crippen LogP) is 2.96.